The summed E-state index contributed by atoms with van der Waals surface area (Å²) in [4.78, 5) is 28.5. The van der Waals surface area contributed by atoms with Crippen molar-refractivity contribution in [3.63, 3.8) is 0 Å². The molecule has 1 aromatic carbocycles. The minimum atomic E-state index is -0.104. The fraction of sp³-hybridized carbons (Fsp3) is 0.500. The number of likely N-dealkylation sites (tertiary alicyclic amines) is 1. The molecule has 2 aliphatic rings. The highest BCUT2D eigenvalue weighted by molar-refractivity contribution is 7.18. The number of halogens is 1. The number of piperidine rings is 1. The number of benzene rings is 1. The van der Waals surface area contributed by atoms with Crippen LogP contribution in [0.3, 0.4) is 0 Å². The lowest BCUT2D eigenvalue weighted by molar-refractivity contribution is -0.137. The second kappa shape index (κ2) is 9.52. The monoisotopic (exact) mass is 444 g/mol. The van der Waals surface area contributed by atoms with Gasteiger partial charge in [0.2, 0.25) is 5.91 Å². The molecule has 0 spiro atoms. The molecule has 1 saturated carbocycles. The first-order chi connectivity index (χ1) is 14.5. The van der Waals surface area contributed by atoms with E-state index in [1.807, 2.05) is 4.90 Å². The maximum absolute atomic E-state index is 13.2. The van der Waals surface area contributed by atoms with Gasteiger partial charge in [0.25, 0.3) is 5.91 Å². The van der Waals surface area contributed by atoms with Crippen molar-refractivity contribution in [2.24, 2.45) is 5.92 Å². The molecule has 6 heteroatoms. The van der Waals surface area contributed by atoms with Gasteiger partial charge in [-0.15, -0.1) is 11.3 Å². The van der Waals surface area contributed by atoms with E-state index in [-0.39, 0.29) is 29.7 Å². The third-order valence-electron chi connectivity index (χ3n) is 6.46. The molecule has 2 fully saturated rings. The van der Waals surface area contributed by atoms with E-state index in [2.05, 4.69) is 36.5 Å². The molecule has 2 atom stereocenters. The smallest absolute Gasteiger partial charge is 0.261 e. The van der Waals surface area contributed by atoms with Gasteiger partial charge in [0.05, 0.1) is 9.21 Å². The van der Waals surface area contributed by atoms with E-state index in [0.717, 1.165) is 45.1 Å². The van der Waals surface area contributed by atoms with E-state index in [9.17, 15) is 9.59 Å². The number of hydrogen-bond acceptors (Lipinski definition) is 3. The number of nitrogens with zero attached hydrogens (tertiary/aromatic N) is 1. The van der Waals surface area contributed by atoms with Crippen LogP contribution in [0.2, 0.25) is 4.34 Å². The van der Waals surface area contributed by atoms with Gasteiger partial charge in [0, 0.05) is 31.0 Å². The van der Waals surface area contributed by atoms with Crippen LogP contribution < -0.4 is 5.32 Å². The van der Waals surface area contributed by atoms with Crippen molar-refractivity contribution in [3.8, 4) is 0 Å². The molecule has 2 amide bonds. The van der Waals surface area contributed by atoms with Gasteiger partial charge in [-0.3, -0.25) is 9.59 Å². The number of nitrogens with one attached hydrogen (secondary N) is 1. The second-order valence-corrected chi connectivity index (χ2v) is 10.2. The van der Waals surface area contributed by atoms with Gasteiger partial charge in [-0.2, -0.15) is 0 Å². The lowest BCUT2D eigenvalue weighted by Gasteiger charge is -2.39. The summed E-state index contributed by atoms with van der Waals surface area (Å²) in [6.45, 7) is 3.47. The zero-order valence-electron chi connectivity index (χ0n) is 17.4. The van der Waals surface area contributed by atoms with Crippen LogP contribution in [-0.4, -0.2) is 35.8 Å². The van der Waals surface area contributed by atoms with E-state index >= 15 is 0 Å². The largest absolute Gasteiger partial charge is 0.347 e. The standard InChI is InChI=1S/C24H29ClN2O2S/c1-2-16-7-9-17(10-8-16)19-13-20(26-23(28)21-11-12-22(25)30-21)15-27(14-19)24(29)18-5-3-4-6-18/h7-12,18-20H,2-6,13-15H2,1H3,(H,26,28). The third kappa shape index (κ3) is 4.89. The van der Waals surface area contributed by atoms with Crippen LogP contribution in [0.15, 0.2) is 36.4 Å². The van der Waals surface area contributed by atoms with Gasteiger partial charge in [-0.05, 0) is 48.9 Å². The second-order valence-electron chi connectivity index (χ2n) is 8.53. The van der Waals surface area contributed by atoms with Gasteiger partial charge >= 0.3 is 0 Å². The molecule has 1 aliphatic heterocycles. The summed E-state index contributed by atoms with van der Waals surface area (Å²) in [7, 11) is 0. The average Bonchev–Trinajstić information content (AvgIpc) is 3.45. The highest BCUT2D eigenvalue weighted by Crippen LogP contribution is 2.32. The normalized spacial score (nSPS) is 22.3. The first-order valence-electron chi connectivity index (χ1n) is 11.0. The van der Waals surface area contributed by atoms with Crippen molar-refractivity contribution >= 4 is 34.8 Å². The van der Waals surface area contributed by atoms with Gasteiger partial charge in [0.1, 0.15) is 0 Å². The molecule has 1 N–H and O–H groups in total. The number of thiophene rings is 1. The molecule has 2 unspecified atom stereocenters. The minimum Gasteiger partial charge on any atom is -0.347 e. The lowest BCUT2D eigenvalue weighted by Crippen LogP contribution is -2.53. The molecule has 4 nitrogen and oxygen atoms in total. The Balaban J connectivity index is 1.52. The number of rotatable bonds is 5. The van der Waals surface area contributed by atoms with Gasteiger partial charge in [-0.25, -0.2) is 0 Å². The molecular weight excluding hydrogens is 416 g/mol. The summed E-state index contributed by atoms with van der Waals surface area (Å²) in [6.07, 6.45) is 6.13. The Morgan fingerprint density at radius 3 is 2.47 bits per heavy atom. The van der Waals surface area contributed by atoms with Crippen LogP contribution in [0.4, 0.5) is 0 Å². The minimum absolute atomic E-state index is 0.0617. The topological polar surface area (TPSA) is 49.4 Å². The molecule has 2 heterocycles. The highest BCUT2D eigenvalue weighted by atomic mass is 35.5. The van der Waals surface area contributed by atoms with Crippen molar-refractivity contribution in [3.05, 3.63) is 56.7 Å². The van der Waals surface area contributed by atoms with E-state index < -0.39 is 0 Å². The number of aryl methyl sites for hydroxylation is 1. The fourth-order valence-corrected chi connectivity index (χ4v) is 5.72. The maximum Gasteiger partial charge on any atom is 0.261 e. The van der Waals surface area contributed by atoms with Crippen molar-refractivity contribution < 1.29 is 9.59 Å². The summed E-state index contributed by atoms with van der Waals surface area (Å²) in [5.74, 6) is 0.541. The predicted molar refractivity (Wildman–Crippen MR) is 122 cm³/mol. The summed E-state index contributed by atoms with van der Waals surface area (Å²) >= 11 is 7.28. The number of carbonyl (C=O) groups excluding carboxylic acids is 2. The zero-order chi connectivity index (χ0) is 21.1. The molecule has 0 radical (unpaired) electrons. The third-order valence-corrected chi connectivity index (χ3v) is 7.69. The Hall–Kier alpha value is -1.85. The summed E-state index contributed by atoms with van der Waals surface area (Å²) in [6, 6.07) is 12.2. The number of amides is 2. The quantitative estimate of drug-likeness (QED) is 0.683. The Morgan fingerprint density at radius 1 is 1.10 bits per heavy atom. The van der Waals surface area contributed by atoms with E-state index in [0.29, 0.717) is 15.8 Å². The molecule has 2 aromatic rings. The van der Waals surface area contributed by atoms with Crippen LogP contribution in [0, 0.1) is 5.92 Å². The van der Waals surface area contributed by atoms with Gasteiger partial charge < -0.3 is 10.2 Å². The Morgan fingerprint density at radius 2 is 1.83 bits per heavy atom. The molecule has 1 aromatic heterocycles. The van der Waals surface area contributed by atoms with E-state index in [1.165, 1.54) is 22.5 Å². The first-order valence-corrected chi connectivity index (χ1v) is 12.2. The predicted octanol–water partition coefficient (Wildman–Crippen LogP) is 5.27. The Kier molecular flexibility index (Phi) is 6.79. The Labute approximate surface area is 187 Å². The molecule has 1 saturated heterocycles. The maximum atomic E-state index is 13.2. The molecule has 1 aliphatic carbocycles. The van der Waals surface area contributed by atoms with Gasteiger partial charge in [-0.1, -0.05) is 55.6 Å². The average molecular weight is 445 g/mol. The van der Waals surface area contributed by atoms with Crippen LogP contribution in [0.1, 0.15) is 65.7 Å². The van der Waals surface area contributed by atoms with Gasteiger partial charge in [0.15, 0.2) is 0 Å². The van der Waals surface area contributed by atoms with Crippen LogP contribution in [0.5, 0.6) is 0 Å². The van der Waals surface area contributed by atoms with Crippen molar-refractivity contribution in [2.75, 3.05) is 13.1 Å². The fourth-order valence-electron chi connectivity index (χ4n) is 4.77. The number of hydrogen-bond donors (Lipinski definition) is 1. The van der Waals surface area contributed by atoms with Crippen LogP contribution in [0.25, 0.3) is 0 Å². The van der Waals surface area contributed by atoms with E-state index in [1.54, 1.807) is 12.1 Å². The SMILES string of the molecule is CCc1ccc(C2CC(NC(=O)c3ccc(Cl)s3)CN(C(=O)C3CCCC3)C2)cc1. The van der Waals surface area contributed by atoms with Crippen molar-refractivity contribution in [2.45, 2.75) is 57.4 Å². The summed E-state index contributed by atoms with van der Waals surface area (Å²) in [5.41, 5.74) is 2.56. The lowest BCUT2D eigenvalue weighted by atomic mass is 9.86. The Bertz CT molecular complexity index is 889. The molecule has 160 valence electrons. The van der Waals surface area contributed by atoms with Crippen molar-refractivity contribution in [1.82, 2.24) is 10.2 Å². The highest BCUT2D eigenvalue weighted by Gasteiger charge is 2.35. The van der Waals surface area contributed by atoms with E-state index in [4.69, 9.17) is 11.6 Å². The zero-order valence-corrected chi connectivity index (χ0v) is 19.0. The van der Waals surface area contributed by atoms with Crippen molar-refractivity contribution in [1.29, 1.82) is 0 Å². The first kappa shape index (κ1) is 21.4. The summed E-state index contributed by atoms with van der Waals surface area (Å²) in [5, 5.41) is 3.17. The molecule has 30 heavy (non-hydrogen) atoms. The number of carbonyl (C=O) groups is 2. The van der Waals surface area contributed by atoms with Crippen LogP contribution >= 0.6 is 22.9 Å². The van der Waals surface area contributed by atoms with Crippen LogP contribution in [-0.2, 0) is 11.2 Å². The molecule has 4 rings (SSSR count). The molecular formula is C24H29ClN2O2S. The molecule has 0 bridgehead atoms. The summed E-state index contributed by atoms with van der Waals surface area (Å²) < 4.78 is 0.607.